The third-order valence-electron chi connectivity index (χ3n) is 5.27. The van der Waals surface area contributed by atoms with Gasteiger partial charge in [-0.05, 0) is 49.9 Å². The van der Waals surface area contributed by atoms with Crippen molar-refractivity contribution < 1.29 is 22.0 Å². The maximum Gasteiger partial charge on any atom is 0.272 e. The number of fused-ring (bicyclic) bond motifs is 1. The number of hydrogen-bond acceptors (Lipinski definition) is 4. The molecule has 2 aromatic carbocycles. The highest BCUT2D eigenvalue weighted by molar-refractivity contribution is 7.91. The first kappa shape index (κ1) is 21.2. The molecule has 0 spiro atoms. The summed E-state index contributed by atoms with van der Waals surface area (Å²) in [6.07, 6.45) is 2.45. The molecule has 0 atom stereocenters. The lowest BCUT2D eigenvalue weighted by Gasteiger charge is -2.07. The van der Waals surface area contributed by atoms with Crippen molar-refractivity contribution in [2.24, 2.45) is 0 Å². The van der Waals surface area contributed by atoms with E-state index >= 15 is 0 Å². The van der Waals surface area contributed by atoms with Gasteiger partial charge in [0, 0.05) is 23.9 Å². The Morgan fingerprint density at radius 1 is 1.06 bits per heavy atom. The lowest BCUT2D eigenvalue weighted by molar-refractivity contribution is 0.0947. The number of amides is 1. The van der Waals surface area contributed by atoms with Gasteiger partial charge in [0.15, 0.2) is 27.2 Å². The lowest BCUT2D eigenvalue weighted by Crippen LogP contribution is -2.27. The van der Waals surface area contributed by atoms with E-state index in [9.17, 15) is 22.0 Å². The summed E-state index contributed by atoms with van der Waals surface area (Å²) in [4.78, 5) is 12.9. The monoisotopic (exact) mass is 445 g/mol. The van der Waals surface area contributed by atoms with E-state index in [-0.39, 0.29) is 29.3 Å². The van der Waals surface area contributed by atoms with Gasteiger partial charge in [0.05, 0.1) is 16.3 Å². The molecule has 4 rings (SSSR count). The molecule has 9 heteroatoms. The Balaban J connectivity index is 1.44. The quantitative estimate of drug-likeness (QED) is 0.566. The molecule has 6 nitrogen and oxygen atoms in total. The first-order valence-corrected chi connectivity index (χ1v) is 11.6. The summed E-state index contributed by atoms with van der Waals surface area (Å²) in [5.41, 5.74) is 2.19. The number of rotatable bonds is 7. The maximum absolute atomic E-state index is 13.7. The van der Waals surface area contributed by atoms with Crippen LogP contribution in [-0.4, -0.2) is 36.4 Å². The Morgan fingerprint density at radius 3 is 2.58 bits per heavy atom. The van der Waals surface area contributed by atoms with Crippen LogP contribution in [0, 0.1) is 11.6 Å². The number of carbonyl (C=O) groups excluding carboxylic acids is 1. The minimum atomic E-state index is -3.41. The fourth-order valence-corrected chi connectivity index (χ4v) is 5.08. The zero-order valence-electron chi connectivity index (χ0n) is 16.6. The molecule has 0 radical (unpaired) electrons. The molecule has 0 saturated heterocycles. The van der Waals surface area contributed by atoms with Crippen LogP contribution < -0.4 is 5.32 Å². The van der Waals surface area contributed by atoms with E-state index in [1.807, 2.05) is 0 Å². The highest BCUT2D eigenvalue weighted by atomic mass is 32.2. The van der Waals surface area contributed by atoms with E-state index in [0.717, 1.165) is 29.8 Å². The highest BCUT2D eigenvalue weighted by Gasteiger charge is 2.27. The van der Waals surface area contributed by atoms with Crippen LogP contribution in [-0.2, 0) is 22.7 Å². The standard InChI is InChI=1S/C22H21F2N3O3S/c23-18-11-10-15(14-19(18)24)27-20-9-4-8-17(20)21(26-27)22(28)25-12-5-13-31(29,30)16-6-2-1-3-7-16/h1-3,6-7,10-11,14H,4-5,8-9,12-13H2,(H,25,28). The van der Waals surface area contributed by atoms with Gasteiger partial charge in [-0.2, -0.15) is 5.10 Å². The largest absolute Gasteiger partial charge is 0.351 e. The van der Waals surface area contributed by atoms with E-state index in [2.05, 4.69) is 10.4 Å². The molecular formula is C22H21F2N3O3S. The molecule has 0 fully saturated rings. The second-order valence-corrected chi connectivity index (χ2v) is 9.49. The molecule has 3 aromatic rings. The summed E-state index contributed by atoms with van der Waals surface area (Å²) >= 11 is 0. The van der Waals surface area contributed by atoms with Gasteiger partial charge in [0.2, 0.25) is 0 Å². The summed E-state index contributed by atoms with van der Waals surface area (Å²) in [7, 11) is -3.41. The van der Waals surface area contributed by atoms with Crippen molar-refractivity contribution in [2.75, 3.05) is 12.3 Å². The van der Waals surface area contributed by atoms with Crippen LogP contribution in [0.4, 0.5) is 8.78 Å². The fourth-order valence-electron chi connectivity index (χ4n) is 3.74. The Hall–Kier alpha value is -3.07. The van der Waals surface area contributed by atoms with Crippen molar-refractivity contribution >= 4 is 15.7 Å². The predicted molar refractivity (Wildman–Crippen MR) is 111 cm³/mol. The molecule has 1 N–H and O–H groups in total. The van der Waals surface area contributed by atoms with E-state index in [0.29, 0.717) is 18.5 Å². The van der Waals surface area contributed by atoms with Crippen molar-refractivity contribution in [2.45, 2.75) is 30.6 Å². The van der Waals surface area contributed by atoms with Gasteiger partial charge in [0.1, 0.15) is 0 Å². The Labute approximate surface area is 178 Å². The third-order valence-corrected chi connectivity index (χ3v) is 7.09. The number of nitrogens with zero attached hydrogens (tertiary/aromatic N) is 2. The second-order valence-electron chi connectivity index (χ2n) is 7.38. The van der Waals surface area contributed by atoms with Gasteiger partial charge < -0.3 is 5.32 Å². The van der Waals surface area contributed by atoms with Crippen molar-refractivity contribution in [3.63, 3.8) is 0 Å². The van der Waals surface area contributed by atoms with Gasteiger partial charge in [-0.1, -0.05) is 18.2 Å². The van der Waals surface area contributed by atoms with Gasteiger partial charge >= 0.3 is 0 Å². The molecule has 0 unspecified atom stereocenters. The van der Waals surface area contributed by atoms with Crippen molar-refractivity contribution in [3.05, 3.63) is 77.1 Å². The summed E-state index contributed by atoms with van der Waals surface area (Å²) in [5, 5.41) is 7.07. The van der Waals surface area contributed by atoms with Crippen molar-refractivity contribution in [3.8, 4) is 5.69 Å². The molecular weight excluding hydrogens is 424 g/mol. The van der Waals surface area contributed by atoms with Gasteiger partial charge in [-0.3, -0.25) is 4.79 Å². The Kier molecular flexibility index (Phi) is 5.86. The number of sulfone groups is 1. The number of hydrogen-bond donors (Lipinski definition) is 1. The average molecular weight is 445 g/mol. The molecule has 1 aliphatic carbocycles. The number of carbonyl (C=O) groups is 1. The molecule has 0 aliphatic heterocycles. The zero-order valence-corrected chi connectivity index (χ0v) is 17.5. The molecule has 1 aliphatic rings. The molecule has 1 aromatic heterocycles. The maximum atomic E-state index is 13.7. The van der Waals surface area contributed by atoms with E-state index in [1.165, 1.54) is 10.7 Å². The highest BCUT2D eigenvalue weighted by Crippen LogP contribution is 2.28. The number of aromatic nitrogens is 2. The first-order valence-electron chi connectivity index (χ1n) is 9.99. The Bertz CT molecular complexity index is 1220. The minimum absolute atomic E-state index is 0.0846. The first-order chi connectivity index (χ1) is 14.9. The van der Waals surface area contributed by atoms with E-state index < -0.39 is 27.4 Å². The summed E-state index contributed by atoms with van der Waals surface area (Å²) in [5.74, 6) is -2.42. The molecule has 162 valence electrons. The zero-order chi connectivity index (χ0) is 22.0. The number of halogens is 2. The lowest BCUT2D eigenvalue weighted by atomic mass is 10.2. The van der Waals surface area contributed by atoms with Gasteiger partial charge in [-0.25, -0.2) is 21.9 Å². The normalized spacial score (nSPS) is 13.2. The van der Waals surface area contributed by atoms with Crippen LogP contribution in [0.3, 0.4) is 0 Å². The van der Waals surface area contributed by atoms with Crippen LogP contribution in [0.25, 0.3) is 5.69 Å². The third kappa shape index (κ3) is 4.36. The minimum Gasteiger partial charge on any atom is -0.351 e. The summed E-state index contributed by atoms with van der Waals surface area (Å²) in [6, 6.07) is 11.7. The van der Waals surface area contributed by atoms with Gasteiger partial charge in [-0.15, -0.1) is 0 Å². The predicted octanol–water partition coefficient (Wildman–Crippen LogP) is 3.23. The van der Waals surface area contributed by atoms with Crippen LogP contribution >= 0.6 is 0 Å². The van der Waals surface area contributed by atoms with Crippen LogP contribution in [0.1, 0.15) is 34.6 Å². The fraction of sp³-hybridized carbons (Fsp3) is 0.273. The Morgan fingerprint density at radius 2 is 1.84 bits per heavy atom. The topological polar surface area (TPSA) is 81.1 Å². The average Bonchev–Trinajstić information content (AvgIpc) is 3.37. The number of benzene rings is 2. The van der Waals surface area contributed by atoms with Crippen LogP contribution in [0.5, 0.6) is 0 Å². The molecule has 31 heavy (non-hydrogen) atoms. The van der Waals surface area contributed by atoms with E-state index in [1.54, 1.807) is 30.3 Å². The summed E-state index contributed by atoms with van der Waals surface area (Å²) in [6.45, 7) is 0.178. The SMILES string of the molecule is O=C(NCCCS(=O)(=O)c1ccccc1)c1nn(-c2ccc(F)c(F)c2)c2c1CCC2. The molecule has 1 amide bonds. The van der Waals surface area contributed by atoms with Crippen molar-refractivity contribution in [1.29, 1.82) is 0 Å². The number of nitrogens with one attached hydrogen (secondary N) is 1. The van der Waals surface area contributed by atoms with E-state index in [4.69, 9.17) is 0 Å². The van der Waals surface area contributed by atoms with Crippen LogP contribution in [0.2, 0.25) is 0 Å². The molecule has 0 bridgehead atoms. The summed E-state index contributed by atoms with van der Waals surface area (Å²) < 4.78 is 53.1. The second kappa shape index (κ2) is 8.58. The molecule has 0 saturated carbocycles. The van der Waals surface area contributed by atoms with Gasteiger partial charge in [0.25, 0.3) is 5.91 Å². The molecule has 1 heterocycles. The smallest absolute Gasteiger partial charge is 0.272 e. The van der Waals surface area contributed by atoms with Crippen molar-refractivity contribution in [1.82, 2.24) is 15.1 Å². The van der Waals surface area contributed by atoms with Crippen LogP contribution in [0.15, 0.2) is 53.4 Å².